The predicted molar refractivity (Wildman–Crippen MR) is 136 cm³/mol. The first kappa shape index (κ1) is 20.3. The number of hydrogen-bond donors (Lipinski definition) is 0. The van der Waals surface area contributed by atoms with E-state index >= 15 is 0 Å². The normalized spacial score (nSPS) is 11.6. The monoisotopic (exact) mass is 445 g/mol. The van der Waals surface area contributed by atoms with Gasteiger partial charge in [0.1, 0.15) is 16.7 Å². The van der Waals surface area contributed by atoms with Crippen molar-refractivity contribution in [2.75, 3.05) is 0 Å². The smallest absolute Gasteiger partial charge is 0.265 e. The van der Waals surface area contributed by atoms with Crippen LogP contribution in [0.5, 0.6) is 0 Å². The second kappa shape index (κ2) is 7.92. The van der Waals surface area contributed by atoms with Crippen molar-refractivity contribution < 1.29 is 0 Å². The van der Waals surface area contributed by atoms with Crippen LogP contribution in [-0.4, -0.2) is 24.1 Å². The summed E-state index contributed by atoms with van der Waals surface area (Å²) in [5.41, 5.74) is 6.39. The Hall–Kier alpha value is -4.32. The van der Waals surface area contributed by atoms with Gasteiger partial charge in [0.2, 0.25) is 0 Å². The van der Waals surface area contributed by atoms with Gasteiger partial charge in [-0.3, -0.25) is 13.9 Å². The van der Waals surface area contributed by atoms with E-state index in [2.05, 4.69) is 19.1 Å². The third-order valence-corrected chi connectivity index (χ3v) is 6.23. The fourth-order valence-corrected chi connectivity index (χ4v) is 4.51. The summed E-state index contributed by atoms with van der Waals surface area (Å²) < 4.78 is 3.74. The maximum Gasteiger partial charge on any atom is 0.265 e. The first-order chi connectivity index (χ1) is 16.6. The molecule has 0 aliphatic rings. The van der Waals surface area contributed by atoms with E-state index in [-0.39, 0.29) is 5.56 Å². The zero-order valence-electron chi connectivity index (χ0n) is 19.1. The lowest BCUT2D eigenvalue weighted by molar-refractivity contribution is 0.685. The van der Waals surface area contributed by atoms with E-state index in [1.807, 2.05) is 78.2 Å². The molecule has 0 aliphatic heterocycles. The van der Waals surface area contributed by atoms with Crippen molar-refractivity contribution in [1.82, 2.24) is 24.1 Å². The topological polar surface area (TPSA) is 65.6 Å². The Kier molecular flexibility index (Phi) is 4.73. The van der Waals surface area contributed by atoms with Crippen molar-refractivity contribution >= 4 is 33.2 Å². The molecule has 6 aromatic rings. The van der Waals surface area contributed by atoms with E-state index in [1.165, 1.54) is 0 Å². The second-order valence-electron chi connectivity index (χ2n) is 8.51. The highest BCUT2D eigenvalue weighted by Crippen LogP contribution is 2.29. The summed E-state index contributed by atoms with van der Waals surface area (Å²) >= 11 is 0. The molecule has 0 saturated heterocycles. The minimum absolute atomic E-state index is 0.0915. The molecule has 6 heteroatoms. The van der Waals surface area contributed by atoms with Gasteiger partial charge in [-0.25, -0.2) is 15.0 Å². The van der Waals surface area contributed by atoms with Crippen LogP contribution in [0.3, 0.4) is 0 Å². The van der Waals surface area contributed by atoms with Crippen LogP contribution < -0.4 is 5.56 Å². The predicted octanol–water partition coefficient (Wildman–Crippen LogP) is 5.20. The lowest BCUT2D eigenvalue weighted by Crippen LogP contribution is -2.26. The molecule has 0 atom stereocenters. The Bertz CT molecular complexity index is 1730. The van der Waals surface area contributed by atoms with Gasteiger partial charge in [-0.1, -0.05) is 67.1 Å². The number of fused-ring (bicyclic) bond motifs is 4. The Morgan fingerprint density at radius 2 is 1.44 bits per heavy atom. The van der Waals surface area contributed by atoms with Crippen molar-refractivity contribution in [3.8, 4) is 5.69 Å². The van der Waals surface area contributed by atoms with Crippen molar-refractivity contribution in [2.24, 2.45) is 0 Å². The molecule has 0 unspecified atom stereocenters. The molecule has 0 aliphatic carbocycles. The SMILES string of the molecule is CCc1nc2c(c(=O)n1Cc1ccccc1)c1nc3ccccc3nc1n2-c1ccc(C)cc1. The summed E-state index contributed by atoms with van der Waals surface area (Å²) in [6.45, 7) is 4.54. The quantitative estimate of drug-likeness (QED) is 0.374. The third kappa shape index (κ3) is 3.18. The number of hydrogen-bond acceptors (Lipinski definition) is 4. The Morgan fingerprint density at radius 3 is 2.15 bits per heavy atom. The molecule has 0 N–H and O–H groups in total. The average molecular weight is 446 g/mol. The third-order valence-electron chi connectivity index (χ3n) is 6.23. The fourth-order valence-electron chi connectivity index (χ4n) is 4.51. The van der Waals surface area contributed by atoms with Gasteiger partial charge in [-0.05, 0) is 36.8 Å². The number of nitrogens with zero attached hydrogens (tertiary/aromatic N) is 5. The van der Waals surface area contributed by atoms with Crippen LogP contribution >= 0.6 is 0 Å². The van der Waals surface area contributed by atoms with Crippen molar-refractivity contribution in [2.45, 2.75) is 26.8 Å². The van der Waals surface area contributed by atoms with Gasteiger partial charge >= 0.3 is 0 Å². The number of rotatable bonds is 4. The summed E-state index contributed by atoms with van der Waals surface area (Å²) in [6, 6.07) is 25.9. The van der Waals surface area contributed by atoms with Gasteiger partial charge in [-0.2, -0.15) is 0 Å². The molecule has 0 bridgehead atoms. The average Bonchev–Trinajstić information content (AvgIpc) is 3.18. The molecule has 3 heterocycles. The largest absolute Gasteiger partial charge is 0.291 e. The van der Waals surface area contributed by atoms with E-state index in [1.54, 1.807) is 4.57 Å². The summed E-state index contributed by atoms with van der Waals surface area (Å²) in [4.78, 5) is 28.9. The molecule has 3 aromatic carbocycles. The molecule has 166 valence electrons. The van der Waals surface area contributed by atoms with Crippen molar-refractivity contribution in [3.63, 3.8) is 0 Å². The molecule has 0 spiro atoms. The minimum Gasteiger partial charge on any atom is -0.291 e. The number of benzene rings is 3. The van der Waals surface area contributed by atoms with Crippen molar-refractivity contribution in [3.05, 3.63) is 106 Å². The van der Waals surface area contributed by atoms with Gasteiger partial charge in [0.15, 0.2) is 11.3 Å². The summed E-state index contributed by atoms with van der Waals surface area (Å²) in [6.07, 6.45) is 0.635. The molecule has 0 radical (unpaired) electrons. The molecule has 3 aromatic heterocycles. The molecule has 0 fully saturated rings. The van der Waals surface area contributed by atoms with Gasteiger partial charge in [-0.15, -0.1) is 0 Å². The zero-order chi connectivity index (χ0) is 23.2. The maximum atomic E-state index is 14.0. The number of aryl methyl sites for hydroxylation is 2. The Balaban J connectivity index is 1.75. The lowest BCUT2D eigenvalue weighted by atomic mass is 10.2. The van der Waals surface area contributed by atoms with Crippen LogP contribution in [0, 0.1) is 6.92 Å². The molecular formula is C28H23N5O. The van der Waals surface area contributed by atoms with Crippen LogP contribution in [-0.2, 0) is 13.0 Å². The van der Waals surface area contributed by atoms with Gasteiger partial charge in [0.05, 0.1) is 17.6 Å². The Morgan fingerprint density at radius 1 is 0.765 bits per heavy atom. The maximum absolute atomic E-state index is 14.0. The van der Waals surface area contributed by atoms with Gasteiger partial charge in [0, 0.05) is 12.1 Å². The number of para-hydroxylation sites is 2. The standard InChI is InChI=1S/C28H23N5O/c1-3-23-31-26-24(28(34)32(23)17-19-9-5-4-6-10-19)25-27(30-22-12-8-7-11-21(22)29-25)33(26)20-15-13-18(2)14-16-20/h4-16H,3,17H2,1-2H3. The van der Waals surface area contributed by atoms with E-state index in [0.29, 0.717) is 35.2 Å². The van der Waals surface area contributed by atoms with Crippen LogP contribution in [0.4, 0.5) is 0 Å². The van der Waals surface area contributed by atoms with Crippen LogP contribution in [0.25, 0.3) is 38.9 Å². The number of aromatic nitrogens is 5. The fraction of sp³-hybridized carbons (Fsp3) is 0.143. The highest BCUT2D eigenvalue weighted by atomic mass is 16.1. The Labute approximate surface area is 196 Å². The first-order valence-corrected chi connectivity index (χ1v) is 11.5. The van der Waals surface area contributed by atoms with Crippen LogP contribution in [0.2, 0.25) is 0 Å². The highest BCUT2D eigenvalue weighted by molar-refractivity contribution is 6.05. The van der Waals surface area contributed by atoms with E-state index in [0.717, 1.165) is 33.7 Å². The summed E-state index contributed by atoms with van der Waals surface area (Å²) in [5, 5.41) is 0.502. The van der Waals surface area contributed by atoms with E-state index < -0.39 is 0 Å². The summed E-state index contributed by atoms with van der Waals surface area (Å²) in [5.74, 6) is 0.738. The molecule has 34 heavy (non-hydrogen) atoms. The summed E-state index contributed by atoms with van der Waals surface area (Å²) in [7, 11) is 0. The first-order valence-electron chi connectivity index (χ1n) is 11.5. The highest BCUT2D eigenvalue weighted by Gasteiger charge is 2.22. The molecule has 6 rings (SSSR count). The minimum atomic E-state index is -0.0915. The lowest BCUT2D eigenvalue weighted by Gasteiger charge is -2.12. The van der Waals surface area contributed by atoms with E-state index in [4.69, 9.17) is 15.0 Å². The van der Waals surface area contributed by atoms with Crippen LogP contribution in [0.1, 0.15) is 23.9 Å². The molecular weight excluding hydrogens is 422 g/mol. The molecule has 0 saturated carbocycles. The van der Waals surface area contributed by atoms with Crippen LogP contribution in [0.15, 0.2) is 83.7 Å². The second-order valence-corrected chi connectivity index (χ2v) is 8.51. The van der Waals surface area contributed by atoms with Gasteiger partial charge < -0.3 is 0 Å². The van der Waals surface area contributed by atoms with Gasteiger partial charge in [0.25, 0.3) is 5.56 Å². The van der Waals surface area contributed by atoms with E-state index in [9.17, 15) is 4.79 Å². The zero-order valence-corrected chi connectivity index (χ0v) is 19.1. The molecule has 6 nitrogen and oxygen atoms in total. The molecule has 0 amide bonds. The van der Waals surface area contributed by atoms with Crippen molar-refractivity contribution in [1.29, 1.82) is 0 Å².